The fourth-order valence-corrected chi connectivity index (χ4v) is 3.23. The fourth-order valence-electron chi connectivity index (χ4n) is 2.56. The van der Waals surface area contributed by atoms with Crippen molar-refractivity contribution in [2.45, 2.75) is 27.2 Å². The molecule has 118 valence electrons. The van der Waals surface area contributed by atoms with Gasteiger partial charge in [-0.05, 0) is 61.1 Å². The van der Waals surface area contributed by atoms with E-state index in [2.05, 4.69) is 42.5 Å². The van der Waals surface area contributed by atoms with Gasteiger partial charge < -0.3 is 4.74 Å². The third-order valence-electron chi connectivity index (χ3n) is 3.80. The van der Waals surface area contributed by atoms with Gasteiger partial charge in [-0.1, -0.05) is 31.2 Å². The first-order valence-corrected chi connectivity index (χ1v) is 8.66. The maximum absolute atomic E-state index is 5.68. The van der Waals surface area contributed by atoms with Gasteiger partial charge >= 0.3 is 0 Å². The van der Waals surface area contributed by atoms with Crippen molar-refractivity contribution in [1.29, 1.82) is 0 Å². The van der Waals surface area contributed by atoms with Gasteiger partial charge in [-0.15, -0.1) is 0 Å². The molecule has 0 saturated heterocycles. The maximum Gasteiger partial charge on any atom is 0.173 e. The average Bonchev–Trinajstić information content (AvgIpc) is 3.05. The number of aryl methyl sites for hydroxylation is 2. The molecule has 1 aromatic heterocycles. The number of benzene rings is 2. The van der Waals surface area contributed by atoms with Crippen LogP contribution in [0.15, 0.2) is 42.5 Å². The molecule has 3 nitrogen and oxygen atoms in total. The van der Waals surface area contributed by atoms with Crippen LogP contribution in [0.2, 0.25) is 0 Å². The Hall–Kier alpha value is -2.20. The van der Waals surface area contributed by atoms with Crippen LogP contribution in [0.5, 0.6) is 5.75 Å². The van der Waals surface area contributed by atoms with Crippen LogP contribution in [0, 0.1) is 6.92 Å². The predicted octanol–water partition coefficient (Wildman–Crippen LogP) is 5.14. The number of hydrogen-bond donors (Lipinski definition) is 0. The lowest BCUT2D eigenvalue weighted by Crippen LogP contribution is -1.96. The molecule has 0 N–H and O–H groups in total. The van der Waals surface area contributed by atoms with Crippen LogP contribution in [0.1, 0.15) is 25.0 Å². The van der Waals surface area contributed by atoms with Gasteiger partial charge in [0.15, 0.2) is 5.82 Å². The van der Waals surface area contributed by atoms with Gasteiger partial charge in [-0.25, -0.2) is 4.98 Å². The summed E-state index contributed by atoms with van der Waals surface area (Å²) in [4.78, 5) is 4.73. The van der Waals surface area contributed by atoms with Gasteiger partial charge in [0.05, 0.1) is 6.61 Å². The van der Waals surface area contributed by atoms with Gasteiger partial charge in [0.25, 0.3) is 0 Å². The van der Waals surface area contributed by atoms with Gasteiger partial charge in [0.2, 0.25) is 0 Å². The Morgan fingerprint density at radius 2 is 1.91 bits per heavy atom. The number of aromatic nitrogens is 2. The van der Waals surface area contributed by atoms with Crippen molar-refractivity contribution in [2.75, 3.05) is 6.61 Å². The molecule has 3 aromatic rings. The summed E-state index contributed by atoms with van der Waals surface area (Å²) >= 11 is 1.44. The van der Waals surface area contributed by atoms with Crippen LogP contribution < -0.4 is 4.74 Å². The lowest BCUT2D eigenvalue weighted by molar-refractivity contribution is 0.337. The molecule has 0 bridgehead atoms. The smallest absolute Gasteiger partial charge is 0.173 e. The molecule has 0 aliphatic rings. The largest absolute Gasteiger partial charge is 0.494 e. The first kappa shape index (κ1) is 15.7. The van der Waals surface area contributed by atoms with Crippen molar-refractivity contribution < 1.29 is 4.74 Å². The molecule has 0 aliphatic heterocycles. The predicted molar refractivity (Wildman–Crippen MR) is 96.1 cm³/mol. The van der Waals surface area contributed by atoms with E-state index in [1.54, 1.807) is 0 Å². The van der Waals surface area contributed by atoms with E-state index in [4.69, 9.17) is 9.72 Å². The highest BCUT2D eigenvalue weighted by Crippen LogP contribution is 2.31. The molecule has 3 rings (SSSR count). The van der Waals surface area contributed by atoms with Gasteiger partial charge in [-0.3, -0.25) is 0 Å². The van der Waals surface area contributed by atoms with Crippen molar-refractivity contribution in [3.8, 4) is 27.7 Å². The molecular formula is C19H20N2OS. The molecule has 0 saturated carbocycles. The minimum absolute atomic E-state index is 0.683. The summed E-state index contributed by atoms with van der Waals surface area (Å²) in [6.45, 7) is 6.91. The quantitative estimate of drug-likeness (QED) is 0.651. The van der Waals surface area contributed by atoms with Crippen LogP contribution in [0.25, 0.3) is 22.0 Å². The van der Waals surface area contributed by atoms with Crippen molar-refractivity contribution >= 4 is 11.5 Å². The lowest BCUT2D eigenvalue weighted by Gasteiger charge is -2.09. The Bertz CT molecular complexity index is 811. The third-order valence-corrected chi connectivity index (χ3v) is 4.56. The second-order valence-corrected chi connectivity index (χ2v) is 6.10. The Morgan fingerprint density at radius 1 is 1.09 bits per heavy atom. The van der Waals surface area contributed by atoms with E-state index in [1.165, 1.54) is 22.7 Å². The first-order chi connectivity index (χ1) is 11.2. The number of ether oxygens (including phenoxy) is 1. The van der Waals surface area contributed by atoms with Gasteiger partial charge in [0.1, 0.15) is 10.8 Å². The second-order valence-electron chi connectivity index (χ2n) is 5.35. The number of nitrogens with zero attached hydrogens (tertiary/aromatic N) is 2. The van der Waals surface area contributed by atoms with Crippen molar-refractivity contribution in [1.82, 2.24) is 9.36 Å². The molecule has 2 aromatic carbocycles. The maximum atomic E-state index is 5.68. The highest BCUT2D eigenvalue weighted by atomic mass is 32.1. The molecular weight excluding hydrogens is 304 g/mol. The summed E-state index contributed by atoms with van der Waals surface area (Å²) in [5.74, 6) is 1.76. The normalized spacial score (nSPS) is 10.7. The summed E-state index contributed by atoms with van der Waals surface area (Å²) in [7, 11) is 0. The van der Waals surface area contributed by atoms with E-state index in [-0.39, 0.29) is 0 Å². The van der Waals surface area contributed by atoms with E-state index in [9.17, 15) is 0 Å². The van der Waals surface area contributed by atoms with Crippen LogP contribution in [-0.2, 0) is 6.42 Å². The number of hydrogen-bond acceptors (Lipinski definition) is 4. The Kier molecular flexibility index (Phi) is 4.72. The zero-order chi connectivity index (χ0) is 16.2. The van der Waals surface area contributed by atoms with Crippen molar-refractivity contribution in [3.63, 3.8) is 0 Å². The molecule has 0 amide bonds. The van der Waals surface area contributed by atoms with Crippen LogP contribution >= 0.6 is 11.5 Å². The third kappa shape index (κ3) is 3.27. The van der Waals surface area contributed by atoms with E-state index >= 15 is 0 Å². The van der Waals surface area contributed by atoms with E-state index in [1.807, 2.05) is 25.1 Å². The molecule has 0 spiro atoms. The molecule has 0 atom stereocenters. The summed E-state index contributed by atoms with van der Waals surface area (Å²) in [6, 6.07) is 14.5. The Morgan fingerprint density at radius 3 is 2.65 bits per heavy atom. The van der Waals surface area contributed by atoms with Crippen LogP contribution in [0.4, 0.5) is 0 Å². The topological polar surface area (TPSA) is 35.0 Å². The molecule has 0 radical (unpaired) electrons. The zero-order valence-corrected chi connectivity index (χ0v) is 14.5. The average molecular weight is 324 g/mol. The minimum Gasteiger partial charge on any atom is -0.494 e. The SMILES string of the molecule is CCOc1ccc(-c2nc(-c3ccccc3C)ns2)cc1CC. The Labute approximate surface area is 141 Å². The molecule has 0 aliphatic carbocycles. The monoisotopic (exact) mass is 324 g/mol. The summed E-state index contributed by atoms with van der Waals surface area (Å²) < 4.78 is 10.2. The standard InChI is InChI=1S/C19H20N2OS/c1-4-14-12-15(10-11-17(14)22-5-2)19-20-18(21-23-19)16-9-7-6-8-13(16)3/h6-12H,4-5H2,1-3H3. The molecule has 23 heavy (non-hydrogen) atoms. The molecule has 4 heteroatoms. The Balaban J connectivity index is 1.96. The van der Waals surface area contributed by atoms with Crippen molar-refractivity contribution in [3.05, 3.63) is 53.6 Å². The first-order valence-electron chi connectivity index (χ1n) is 7.88. The highest BCUT2D eigenvalue weighted by molar-refractivity contribution is 7.09. The second kappa shape index (κ2) is 6.92. The lowest BCUT2D eigenvalue weighted by atomic mass is 10.1. The van der Waals surface area contributed by atoms with Crippen molar-refractivity contribution in [2.24, 2.45) is 0 Å². The summed E-state index contributed by atoms with van der Waals surface area (Å²) in [5, 5.41) is 0.945. The molecule has 0 fully saturated rings. The molecule has 1 heterocycles. The summed E-state index contributed by atoms with van der Waals surface area (Å²) in [5.41, 5.74) is 4.59. The van der Waals surface area contributed by atoms with Gasteiger partial charge in [-0.2, -0.15) is 4.37 Å². The van der Waals surface area contributed by atoms with Crippen LogP contribution in [0.3, 0.4) is 0 Å². The number of rotatable bonds is 5. The zero-order valence-electron chi connectivity index (χ0n) is 13.7. The minimum atomic E-state index is 0.683. The fraction of sp³-hybridized carbons (Fsp3) is 0.263. The van der Waals surface area contributed by atoms with Gasteiger partial charge in [0, 0.05) is 11.1 Å². The van der Waals surface area contributed by atoms with E-state index in [0.717, 1.165) is 34.1 Å². The van der Waals surface area contributed by atoms with E-state index in [0.29, 0.717) is 6.61 Å². The highest BCUT2D eigenvalue weighted by Gasteiger charge is 2.12. The van der Waals surface area contributed by atoms with Crippen LogP contribution in [-0.4, -0.2) is 16.0 Å². The van der Waals surface area contributed by atoms with E-state index < -0.39 is 0 Å². The summed E-state index contributed by atoms with van der Waals surface area (Å²) in [6.07, 6.45) is 0.937. The molecule has 0 unspecified atom stereocenters.